The number of fused-ring (bicyclic) bond motifs is 1. The lowest BCUT2D eigenvalue weighted by Crippen LogP contribution is -2.16. The van der Waals surface area contributed by atoms with Gasteiger partial charge in [0.15, 0.2) is 4.80 Å². The predicted molar refractivity (Wildman–Crippen MR) is 97.9 cm³/mol. The molecule has 0 bridgehead atoms. The van der Waals surface area contributed by atoms with Crippen LogP contribution in [0.4, 0.5) is 0 Å². The van der Waals surface area contributed by atoms with E-state index >= 15 is 0 Å². The van der Waals surface area contributed by atoms with Gasteiger partial charge in [-0.25, -0.2) is 0 Å². The van der Waals surface area contributed by atoms with Gasteiger partial charge in [-0.2, -0.15) is 4.99 Å². The maximum absolute atomic E-state index is 12.5. The molecule has 0 aliphatic rings. The zero-order chi connectivity index (χ0) is 17.1. The number of halogens is 1. The second-order valence-electron chi connectivity index (χ2n) is 5.02. The molecule has 1 heterocycles. The van der Waals surface area contributed by atoms with E-state index in [1.807, 2.05) is 22.8 Å². The number of methoxy groups -OCH3 is 1. The van der Waals surface area contributed by atoms with Crippen molar-refractivity contribution in [2.45, 2.75) is 6.54 Å². The van der Waals surface area contributed by atoms with Crippen LogP contribution in [0.5, 0.6) is 5.75 Å². The average Bonchev–Trinajstić information content (AvgIpc) is 2.92. The van der Waals surface area contributed by atoms with Crippen molar-refractivity contribution in [3.8, 4) is 5.75 Å². The molecule has 0 N–H and O–H groups in total. The number of rotatable bonds is 4. The molecule has 0 atom stereocenters. The molecule has 0 aliphatic heterocycles. The number of aromatic nitrogens is 1. The zero-order valence-electron chi connectivity index (χ0n) is 13.0. The number of hydrogen-bond acceptors (Lipinski definition) is 3. The van der Waals surface area contributed by atoms with Crippen molar-refractivity contribution in [3.05, 3.63) is 70.5 Å². The maximum Gasteiger partial charge on any atom is 0.279 e. The Morgan fingerprint density at radius 1 is 1.38 bits per heavy atom. The van der Waals surface area contributed by atoms with Gasteiger partial charge in [0, 0.05) is 17.1 Å². The van der Waals surface area contributed by atoms with Crippen LogP contribution in [0.2, 0.25) is 5.02 Å². The van der Waals surface area contributed by atoms with Gasteiger partial charge in [0.25, 0.3) is 5.91 Å². The van der Waals surface area contributed by atoms with Crippen LogP contribution in [0.3, 0.4) is 0 Å². The van der Waals surface area contributed by atoms with Crippen molar-refractivity contribution in [2.75, 3.05) is 7.11 Å². The highest BCUT2D eigenvalue weighted by atomic mass is 35.5. The number of ether oxygens (including phenoxy) is 1. The number of amides is 1. The van der Waals surface area contributed by atoms with E-state index in [0.29, 0.717) is 21.9 Å². The first-order valence-corrected chi connectivity index (χ1v) is 8.45. The first-order valence-electron chi connectivity index (χ1n) is 7.26. The number of carbonyl (C=O) groups excluding carboxylic acids is 1. The second kappa shape index (κ2) is 7.03. The van der Waals surface area contributed by atoms with Crippen LogP contribution < -0.4 is 9.54 Å². The summed E-state index contributed by atoms with van der Waals surface area (Å²) in [5.41, 5.74) is 1.36. The van der Waals surface area contributed by atoms with Crippen LogP contribution in [0.15, 0.2) is 60.1 Å². The number of nitrogens with zero attached hydrogens (tertiary/aromatic N) is 2. The third kappa shape index (κ3) is 3.13. The molecular formula is C18H15ClN2O2S. The third-order valence-electron chi connectivity index (χ3n) is 3.46. The molecule has 0 radical (unpaired) electrons. The summed E-state index contributed by atoms with van der Waals surface area (Å²) in [6, 6.07) is 12.5. The van der Waals surface area contributed by atoms with Crippen molar-refractivity contribution in [2.24, 2.45) is 4.99 Å². The largest absolute Gasteiger partial charge is 0.495 e. The van der Waals surface area contributed by atoms with E-state index in [2.05, 4.69) is 11.6 Å². The van der Waals surface area contributed by atoms with Gasteiger partial charge in [0.1, 0.15) is 11.3 Å². The molecule has 122 valence electrons. The fourth-order valence-electron chi connectivity index (χ4n) is 2.42. The number of thiazole rings is 1. The van der Waals surface area contributed by atoms with Gasteiger partial charge in [0.05, 0.1) is 11.8 Å². The van der Waals surface area contributed by atoms with Crippen molar-refractivity contribution in [1.29, 1.82) is 0 Å². The molecule has 1 aromatic heterocycles. The summed E-state index contributed by atoms with van der Waals surface area (Å²) in [7, 11) is 1.62. The van der Waals surface area contributed by atoms with Gasteiger partial charge in [-0.05, 0) is 30.3 Å². The summed E-state index contributed by atoms with van der Waals surface area (Å²) in [6.07, 6.45) is 1.77. The molecule has 0 unspecified atom stereocenters. The molecule has 0 aliphatic carbocycles. The quantitative estimate of drug-likeness (QED) is 0.653. The Hall–Kier alpha value is -2.37. The SMILES string of the molecule is C=CCn1c(=NC(=O)c2cccc(Cl)c2)sc2cccc(OC)c21. The van der Waals surface area contributed by atoms with Gasteiger partial charge < -0.3 is 9.30 Å². The zero-order valence-corrected chi connectivity index (χ0v) is 14.6. The Bertz CT molecular complexity index is 988. The predicted octanol–water partition coefficient (Wildman–Crippen LogP) is 4.29. The maximum atomic E-state index is 12.5. The topological polar surface area (TPSA) is 43.6 Å². The lowest BCUT2D eigenvalue weighted by molar-refractivity contribution is 0.0998. The van der Waals surface area contributed by atoms with E-state index in [1.165, 1.54) is 11.3 Å². The molecule has 1 amide bonds. The summed E-state index contributed by atoms with van der Waals surface area (Å²) in [5.74, 6) is 0.406. The van der Waals surface area contributed by atoms with Crippen molar-refractivity contribution in [1.82, 2.24) is 4.57 Å². The molecule has 4 nitrogen and oxygen atoms in total. The van der Waals surface area contributed by atoms with Crippen LogP contribution in [0.1, 0.15) is 10.4 Å². The monoisotopic (exact) mass is 358 g/mol. The first-order chi connectivity index (χ1) is 11.6. The number of para-hydroxylation sites is 1. The normalized spacial score (nSPS) is 11.7. The van der Waals surface area contributed by atoms with Gasteiger partial charge in [-0.1, -0.05) is 41.1 Å². The van der Waals surface area contributed by atoms with Gasteiger partial charge in [-0.3, -0.25) is 4.79 Å². The Morgan fingerprint density at radius 2 is 2.17 bits per heavy atom. The molecule has 24 heavy (non-hydrogen) atoms. The Kier molecular flexibility index (Phi) is 4.83. The van der Waals surface area contributed by atoms with Gasteiger partial charge in [0.2, 0.25) is 0 Å². The fraction of sp³-hybridized carbons (Fsp3) is 0.111. The lowest BCUT2D eigenvalue weighted by Gasteiger charge is -2.06. The van der Waals surface area contributed by atoms with E-state index in [1.54, 1.807) is 37.5 Å². The third-order valence-corrected chi connectivity index (χ3v) is 4.74. The summed E-state index contributed by atoms with van der Waals surface area (Å²) >= 11 is 7.39. The number of carbonyl (C=O) groups is 1. The molecule has 3 rings (SSSR count). The Morgan fingerprint density at radius 3 is 2.88 bits per heavy atom. The van der Waals surface area contributed by atoms with Crippen molar-refractivity contribution < 1.29 is 9.53 Å². The average molecular weight is 359 g/mol. The van der Waals surface area contributed by atoms with Gasteiger partial charge >= 0.3 is 0 Å². The van der Waals surface area contributed by atoms with E-state index in [9.17, 15) is 4.79 Å². The van der Waals surface area contributed by atoms with Crippen molar-refractivity contribution in [3.63, 3.8) is 0 Å². The summed E-state index contributed by atoms with van der Waals surface area (Å²) in [4.78, 5) is 17.3. The summed E-state index contributed by atoms with van der Waals surface area (Å²) in [6.45, 7) is 4.32. The number of hydrogen-bond donors (Lipinski definition) is 0. The second-order valence-corrected chi connectivity index (χ2v) is 6.46. The summed E-state index contributed by atoms with van der Waals surface area (Å²) in [5, 5.41) is 0.507. The van der Waals surface area contributed by atoms with Crippen LogP contribution in [-0.2, 0) is 6.54 Å². The minimum Gasteiger partial charge on any atom is -0.495 e. The molecule has 6 heteroatoms. The first kappa shape index (κ1) is 16.5. The van der Waals surface area contributed by atoms with E-state index in [-0.39, 0.29) is 5.91 Å². The highest BCUT2D eigenvalue weighted by Crippen LogP contribution is 2.27. The molecule has 0 saturated heterocycles. The Balaban J connectivity index is 2.19. The minimum absolute atomic E-state index is 0.333. The molecule has 0 saturated carbocycles. The minimum atomic E-state index is -0.333. The smallest absolute Gasteiger partial charge is 0.279 e. The Labute approximate surface area is 148 Å². The van der Waals surface area contributed by atoms with E-state index < -0.39 is 0 Å². The molecule has 2 aromatic carbocycles. The molecule has 3 aromatic rings. The summed E-state index contributed by atoms with van der Waals surface area (Å²) < 4.78 is 8.36. The molecular weight excluding hydrogens is 344 g/mol. The molecule has 0 spiro atoms. The van der Waals surface area contributed by atoms with Crippen LogP contribution >= 0.6 is 22.9 Å². The van der Waals surface area contributed by atoms with Crippen LogP contribution in [0.25, 0.3) is 10.2 Å². The van der Waals surface area contributed by atoms with Gasteiger partial charge in [-0.15, -0.1) is 6.58 Å². The van der Waals surface area contributed by atoms with Crippen LogP contribution in [0, 0.1) is 0 Å². The van der Waals surface area contributed by atoms with E-state index in [4.69, 9.17) is 16.3 Å². The molecule has 0 fully saturated rings. The highest BCUT2D eigenvalue weighted by molar-refractivity contribution is 7.16. The van der Waals surface area contributed by atoms with E-state index in [0.717, 1.165) is 16.0 Å². The number of benzene rings is 2. The highest BCUT2D eigenvalue weighted by Gasteiger charge is 2.12. The fourth-order valence-corrected chi connectivity index (χ4v) is 3.66. The standard InChI is InChI=1S/C18H15ClN2O2S/c1-3-10-21-16-14(23-2)8-5-9-15(16)24-18(21)20-17(22)12-6-4-7-13(19)11-12/h3-9,11H,1,10H2,2H3. The number of allylic oxidation sites excluding steroid dienone is 1. The van der Waals surface area contributed by atoms with Crippen LogP contribution in [-0.4, -0.2) is 17.6 Å². The lowest BCUT2D eigenvalue weighted by atomic mass is 10.2. The van der Waals surface area contributed by atoms with Crippen molar-refractivity contribution >= 4 is 39.1 Å².